The minimum Gasteiger partial charge on any atom is -0.497 e. The number of rotatable bonds is 6. The molecule has 0 spiro atoms. The van der Waals surface area contributed by atoms with Gasteiger partial charge < -0.3 is 15.4 Å². The van der Waals surface area contributed by atoms with Gasteiger partial charge in [0.25, 0.3) is 0 Å². The molecule has 5 heteroatoms. The Morgan fingerprint density at radius 1 is 1.14 bits per heavy atom. The smallest absolute Gasteiger partial charge is 0.239 e. The van der Waals surface area contributed by atoms with Crippen molar-refractivity contribution in [1.29, 1.82) is 0 Å². The summed E-state index contributed by atoms with van der Waals surface area (Å²) in [5, 5.41) is 5.50. The van der Waals surface area contributed by atoms with Gasteiger partial charge in [-0.3, -0.25) is 9.59 Å². The Hall–Kier alpha value is -2.04. The van der Waals surface area contributed by atoms with E-state index in [-0.39, 0.29) is 24.3 Å². The fourth-order valence-corrected chi connectivity index (χ4v) is 2.51. The average molecular weight is 290 g/mol. The van der Waals surface area contributed by atoms with E-state index in [4.69, 9.17) is 4.74 Å². The third kappa shape index (κ3) is 4.77. The number of carbonyl (C=O) groups is 2. The summed E-state index contributed by atoms with van der Waals surface area (Å²) in [4.78, 5) is 23.5. The molecular weight excluding hydrogens is 268 g/mol. The van der Waals surface area contributed by atoms with E-state index >= 15 is 0 Å². The maximum absolute atomic E-state index is 11.8. The van der Waals surface area contributed by atoms with Crippen LogP contribution in [0.4, 0.5) is 0 Å². The van der Waals surface area contributed by atoms with Gasteiger partial charge in [-0.15, -0.1) is 0 Å². The zero-order chi connectivity index (χ0) is 15.1. The molecule has 1 aliphatic carbocycles. The highest BCUT2D eigenvalue weighted by atomic mass is 16.5. The molecular formula is C16H22N2O3. The molecule has 1 aliphatic rings. The van der Waals surface area contributed by atoms with E-state index < -0.39 is 0 Å². The lowest BCUT2D eigenvalue weighted by Gasteiger charge is -2.10. The Bertz CT molecular complexity index is 479. The van der Waals surface area contributed by atoms with Crippen molar-refractivity contribution in [3.8, 4) is 5.75 Å². The molecule has 2 N–H and O–H groups in total. The highest BCUT2D eigenvalue weighted by Crippen LogP contribution is 2.24. The monoisotopic (exact) mass is 290 g/mol. The number of methoxy groups -OCH3 is 1. The normalized spacial score (nSPS) is 14.7. The fourth-order valence-electron chi connectivity index (χ4n) is 2.51. The van der Waals surface area contributed by atoms with Crippen LogP contribution in [0.15, 0.2) is 24.3 Å². The van der Waals surface area contributed by atoms with Crippen LogP contribution in [0.5, 0.6) is 5.75 Å². The van der Waals surface area contributed by atoms with Crippen molar-refractivity contribution in [3.63, 3.8) is 0 Å². The van der Waals surface area contributed by atoms with Gasteiger partial charge in [0.15, 0.2) is 0 Å². The van der Waals surface area contributed by atoms with Crippen LogP contribution in [0.1, 0.15) is 31.2 Å². The molecule has 1 fully saturated rings. The Kier molecular flexibility index (Phi) is 5.60. The van der Waals surface area contributed by atoms with Gasteiger partial charge in [0.1, 0.15) is 5.75 Å². The molecule has 0 heterocycles. The van der Waals surface area contributed by atoms with Crippen molar-refractivity contribution in [2.75, 3.05) is 13.7 Å². The van der Waals surface area contributed by atoms with Crippen molar-refractivity contribution in [1.82, 2.24) is 10.6 Å². The Labute approximate surface area is 125 Å². The second-order valence-corrected chi connectivity index (χ2v) is 5.32. The lowest BCUT2D eigenvalue weighted by atomic mass is 10.1. The maximum atomic E-state index is 11.8. The van der Waals surface area contributed by atoms with Crippen LogP contribution in [-0.2, 0) is 16.1 Å². The van der Waals surface area contributed by atoms with Gasteiger partial charge in [-0.25, -0.2) is 0 Å². The minimum atomic E-state index is -0.169. The van der Waals surface area contributed by atoms with Crippen LogP contribution in [0.3, 0.4) is 0 Å². The molecule has 0 bridgehead atoms. The van der Waals surface area contributed by atoms with Crippen molar-refractivity contribution >= 4 is 11.8 Å². The second kappa shape index (κ2) is 7.67. The summed E-state index contributed by atoms with van der Waals surface area (Å²) in [5.41, 5.74) is 0.992. The first-order valence-electron chi connectivity index (χ1n) is 7.36. The molecule has 0 saturated heterocycles. The summed E-state index contributed by atoms with van der Waals surface area (Å²) in [6.45, 7) is 0.494. The number of benzene rings is 1. The van der Waals surface area contributed by atoms with Gasteiger partial charge in [0.05, 0.1) is 13.7 Å². The highest BCUT2D eigenvalue weighted by molar-refractivity contribution is 5.85. The molecule has 5 nitrogen and oxygen atoms in total. The first kappa shape index (κ1) is 15.4. The molecule has 0 aliphatic heterocycles. The summed E-state index contributed by atoms with van der Waals surface area (Å²) in [7, 11) is 1.61. The van der Waals surface area contributed by atoms with E-state index in [0.717, 1.165) is 37.0 Å². The van der Waals surface area contributed by atoms with E-state index in [1.54, 1.807) is 7.11 Å². The first-order valence-corrected chi connectivity index (χ1v) is 7.36. The molecule has 1 aromatic carbocycles. The fraction of sp³-hybridized carbons (Fsp3) is 0.500. The molecule has 114 valence electrons. The summed E-state index contributed by atoms with van der Waals surface area (Å²) >= 11 is 0. The van der Waals surface area contributed by atoms with Gasteiger partial charge in [0, 0.05) is 12.5 Å². The van der Waals surface area contributed by atoms with E-state index in [9.17, 15) is 9.59 Å². The van der Waals surface area contributed by atoms with Crippen LogP contribution in [0.25, 0.3) is 0 Å². The Balaban J connectivity index is 1.67. The predicted octanol–water partition coefficient (Wildman–Crippen LogP) is 1.62. The summed E-state index contributed by atoms with van der Waals surface area (Å²) in [6, 6.07) is 7.50. The molecule has 2 rings (SSSR count). The number of nitrogens with one attached hydrogen (secondary N) is 2. The van der Waals surface area contributed by atoms with Crippen molar-refractivity contribution in [2.24, 2.45) is 5.92 Å². The van der Waals surface area contributed by atoms with E-state index in [0.29, 0.717) is 6.54 Å². The quantitative estimate of drug-likeness (QED) is 0.836. The van der Waals surface area contributed by atoms with E-state index in [1.807, 2.05) is 24.3 Å². The van der Waals surface area contributed by atoms with Crippen LogP contribution in [-0.4, -0.2) is 25.5 Å². The molecule has 0 aromatic heterocycles. The zero-order valence-electron chi connectivity index (χ0n) is 12.4. The van der Waals surface area contributed by atoms with Crippen molar-refractivity contribution in [2.45, 2.75) is 32.2 Å². The molecule has 0 atom stereocenters. The number of hydrogen-bond acceptors (Lipinski definition) is 3. The second-order valence-electron chi connectivity index (χ2n) is 5.32. The topological polar surface area (TPSA) is 67.4 Å². The minimum absolute atomic E-state index is 0.00657. The van der Waals surface area contributed by atoms with Gasteiger partial charge in [-0.05, 0) is 30.5 Å². The molecule has 0 unspecified atom stereocenters. The molecule has 1 saturated carbocycles. The van der Waals surface area contributed by atoms with Gasteiger partial charge in [-0.1, -0.05) is 25.0 Å². The number of carbonyl (C=O) groups excluding carboxylic acids is 2. The molecule has 0 radical (unpaired) electrons. The predicted molar refractivity (Wildman–Crippen MR) is 79.8 cm³/mol. The number of ether oxygens (including phenoxy) is 1. The number of hydrogen-bond donors (Lipinski definition) is 2. The largest absolute Gasteiger partial charge is 0.497 e. The summed E-state index contributed by atoms with van der Waals surface area (Å²) in [5.74, 6) is 0.720. The summed E-state index contributed by atoms with van der Waals surface area (Å²) in [6.07, 6.45) is 4.11. The Morgan fingerprint density at radius 3 is 2.43 bits per heavy atom. The highest BCUT2D eigenvalue weighted by Gasteiger charge is 2.22. The molecule has 1 aromatic rings. The van der Waals surface area contributed by atoms with Crippen molar-refractivity contribution < 1.29 is 14.3 Å². The van der Waals surface area contributed by atoms with Gasteiger partial charge in [0.2, 0.25) is 11.8 Å². The number of amides is 2. The lowest BCUT2D eigenvalue weighted by Crippen LogP contribution is -2.38. The third-order valence-corrected chi connectivity index (χ3v) is 3.80. The third-order valence-electron chi connectivity index (χ3n) is 3.80. The Morgan fingerprint density at radius 2 is 1.81 bits per heavy atom. The van der Waals surface area contributed by atoms with E-state index in [1.165, 1.54) is 0 Å². The standard InChI is InChI=1S/C16H22N2O3/c1-21-14-8-6-12(7-9-14)10-17-15(19)11-18-16(20)13-4-2-3-5-13/h6-9,13H,2-5,10-11H2,1H3,(H,17,19)(H,18,20). The molecule has 2 amide bonds. The first-order chi connectivity index (χ1) is 10.2. The maximum Gasteiger partial charge on any atom is 0.239 e. The van der Waals surface area contributed by atoms with Crippen molar-refractivity contribution in [3.05, 3.63) is 29.8 Å². The summed E-state index contributed by atoms with van der Waals surface area (Å²) < 4.78 is 5.07. The molecule has 21 heavy (non-hydrogen) atoms. The van der Waals surface area contributed by atoms with Crippen LogP contribution in [0, 0.1) is 5.92 Å². The van der Waals surface area contributed by atoms with Gasteiger partial charge in [-0.2, -0.15) is 0 Å². The average Bonchev–Trinajstić information content (AvgIpc) is 3.05. The lowest BCUT2D eigenvalue weighted by molar-refractivity contribution is -0.128. The van der Waals surface area contributed by atoms with Crippen LogP contribution < -0.4 is 15.4 Å². The SMILES string of the molecule is COc1ccc(CNC(=O)CNC(=O)C2CCCC2)cc1. The van der Waals surface area contributed by atoms with Crippen LogP contribution in [0.2, 0.25) is 0 Å². The van der Waals surface area contributed by atoms with Gasteiger partial charge >= 0.3 is 0 Å². The zero-order valence-corrected chi connectivity index (χ0v) is 12.4. The van der Waals surface area contributed by atoms with E-state index in [2.05, 4.69) is 10.6 Å². The van der Waals surface area contributed by atoms with Crippen LogP contribution >= 0.6 is 0 Å².